The van der Waals surface area contributed by atoms with E-state index in [1.165, 1.54) is 12.3 Å². The first-order valence-corrected chi connectivity index (χ1v) is 7.37. The van der Waals surface area contributed by atoms with Gasteiger partial charge in [0.15, 0.2) is 0 Å². The van der Waals surface area contributed by atoms with Crippen molar-refractivity contribution >= 4 is 15.8 Å². The second-order valence-electron chi connectivity index (χ2n) is 4.28. The molecule has 0 aromatic carbocycles. The summed E-state index contributed by atoms with van der Waals surface area (Å²) in [6, 6.07) is 3.12. The van der Waals surface area contributed by atoms with Crippen molar-refractivity contribution in [3.05, 3.63) is 18.3 Å². The Kier molecular flexibility index (Phi) is 5.06. The van der Waals surface area contributed by atoms with Crippen LogP contribution in [0.2, 0.25) is 0 Å². The van der Waals surface area contributed by atoms with Crippen LogP contribution in [0.15, 0.2) is 23.2 Å². The average molecular weight is 272 g/mol. The van der Waals surface area contributed by atoms with Crippen LogP contribution in [-0.4, -0.2) is 33.0 Å². The van der Waals surface area contributed by atoms with Crippen LogP contribution >= 0.6 is 0 Å². The summed E-state index contributed by atoms with van der Waals surface area (Å²) in [6.07, 6.45) is 1.28. The molecule has 1 heterocycles. The van der Waals surface area contributed by atoms with E-state index in [-0.39, 0.29) is 4.90 Å². The van der Waals surface area contributed by atoms with Gasteiger partial charge < -0.3 is 10.6 Å². The average Bonchev–Trinajstić information content (AvgIpc) is 2.34. The lowest BCUT2D eigenvalue weighted by atomic mass is 10.1. The van der Waals surface area contributed by atoms with Crippen LogP contribution in [-0.2, 0) is 10.0 Å². The van der Waals surface area contributed by atoms with Gasteiger partial charge in [-0.05, 0) is 31.5 Å². The number of aromatic nitrogens is 1. The van der Waals surface area contributed by atoms with Gasteiger partial charge in [-0.3, -0.25) is 0 Å². The Morgan fingerprint density at radius 3 is 2.50 bits per heavy atom. The van der Waals surface area contributed by atoms with Crippen molar-refractivity contribution in [2.45, 2.75) is 18.7 Å². The van der Waals surface area contributed by atoms with Crippen LogP contribution in [0.5, 0.6) is 0 Å². The van der Waals surface area contributed by atoms with Crippen molar-refractivity contribution in [3.8, 4) is 0 Å². The maximum absolute atomic E-state index is 11.1. The Morgan fingerprint density at radius 1 is 1.44 bits per heavy atom. The number of nitrogens with zero attached hydrogens (tertiary/aromatic N) is 2. The fourth-order valence-electron chi connectivity index (χ4n) is 1.56. The minimum Gasteiger partial charge on any atom is -0.357 e. The van der Waals surface area contributed by atoms with Gasteiger partial charge in [0, 0.05) is 19.3 Å². The number of anilines is 1. The molecule has 7 heteroatoms. The first-order chi connectivity index (χ1) is 8.38. The molecule has 0 amide bonds. The molecule has 6 nitrogen and oxygen atoms in total. The molecule has 1 atom stereocenters. The van der Waals surface area contributed by atoms with Gasteiger partial charge in [0.05, 0.1) is 0 Å². The lowest BCUT2D eigenvalue weighted by Gasteiger charge is -2.24. The molecule has 4 N–H and O–H groups in total. The Labute approximate surface area is 108 Å². The highest BCUT2D eigenvalue weighted by molar-refractivity contribution is 7.89. The smallest absolute Gasteiger partial charge is 0.239 e. The molecule has 1 unspecified atom stereocenters. The lowest BCUT2D eigenvalue weighted by molar-refractivity contribution is 0.572. The van der Waals surface area contributed by atoms with Crippen molar-refractivity contribution < 1.29 is 8.42 Å². The van der Waals surface area contributed by atoms with Gasteiger partial charge in [-0.2, -0.15) is 0 Å². The minimum atomic E-state index is -3.68. The van der Waals surface area contributed by atoms with Gasteiger partial charge in [0.2, 0.25) is 10.0 Å². The molecule has 0 aliphatic heterocycles. The second-order valence-corrected chi connectivity index (χ2v) is 5.84. The molecule has 0 aliphatic rings. The Hall–Kier alpha value is -1.18. The first kappa shape index (κ1) is 14.9. The van der Waals surface area contributed by atoms with E-state index < -0.39 is 10.0 Å². The van der Waals surface area contributed by atoms with Gasteiger partial charge in [0.25, 0.3) is 0 Å². The van der Waals surface area contributed by atoms with Crippen LogP contribution in [0.25, 0.3) is 0 Å². The monoisotopic (exact) mass is 272 g/mol. The van der Waals surface area contributed by atoms with Crippen molar-refractivity contribution in [1.29, 1.82) is 0 Å². The Bertz CT molecular complexity index is 472. The topological polar surface area (TPSA) is 102 Å². The highest BCUT2D eigenvalue weighted by atomic mass is 32.2. The fraction of sp³-hybridized carbons (Fsp3) is 0.545. The summed E-state index contributed by atoms with van der Waals surface area (Å²) in [5, 5.41) is 5.02. The van der Waals surface area contributed by atoms with Crippen LogP contribution in [0.3, 0.4) is 0 Å². The molecular formula is C11H20N4O2S. The zero-order valence-corrected chi connectivity index (χ0v) is 11.5. The van der Waals surface area contributed by atoms with Crippen molar-refractivity contribution in [1.82, 2.24) is 4.98 Å². The zero-order valence-electron chi connectivity index (χ0n) is 10.7. The maximum atomic E-state index is 11.1. The fourth-order valence-corrected chi connectivity index (χ4v) is 2.02. The molecule has 0 radical (unpaired) electrons. The standard InChI is InChI=1S/C11H20N4O2S/c1-3-15(8-9(2)6-12)11-5-4-10(7-14-11)18(13,16)17/h4-5,7,9H,3,6,8,12H2,1-2H3,(H2,13,16,17). The van der Waals surface area contributed by atoms with Gasteiger partial charge in [-0.15, -0.1) is 0 Å². The summed E-state index contributed by atoms with van der Waals surface area (Å²) in [7, 11) is -3.68. The van der Waals surface area contributed by atoms with E-state index in [1.54, 1.807) is 6.07 Å². The third-order valence-electron chi connectivity index (χ3n) is 2.69. The van der Waals surface area contributed by atoms with E-state index in [4.69, 9.17) is 10.9 Å². The molecule has 0 bridgehead atoms. The molecule has 0 fully saturated rings. The minimum absolute atomic E-state index is 0.0224. The molecule has 0 saturated carbocycles. The molecule has 1 rings (SSSR count). The van der Waals surface area contributed by atoms with Crippen LogP contribution in [0.1, 0.15) is 13.8 Å². The van der Waals surface area contributed by atoms with Crippen molar-refractivity contribution in [2.24, 2.45) is 16.8 Å². The summed E-state index contributed by atoms with van der Waals surface area (Å²) in [5.74, 6) is 1.08. The van der Waals surface area contributed by atoms with Gasteiger partial charge >= 0.3 is 0 Å². The molecular weight excluding hydrogens is 252 g/mol. The third kappa shape index (κ3) is 3.94. The molecule has 1 aromatic rings. The quantitative estimate of drug-likeness (QED) is 0.767. The highest BCUT2D eigenvalue weighted by Crippen LogP contribution is 2.14. The first-order valence-electron chi connectivity index (χ1n) is 5.82. The van der Waals surface area contributed by atoms with Gasteiger partial charge in [-0.25, -0.2) is 18.5 Å². The summed E-state index contributed by atoms with van der Waals surface area (Å²) >= 11 is 0. The van der Waals surface area contributed by atoms with E-state index >= 15 is 0 Å². The lowest BCUT2D eigenvalue weighted by Crippen LogP contribution is -2.32. The molecule has 0 saturated heterocycles. The molecule has 102 valence electrons. The highest BCUT2D eigenvalue weighted by Gasteiger charge is 2.12. The number of hydrogen-bond donors (Lipinski definition) is 2. The summed E-state index contributed by atoms with van der Waals surface area (Å²) < 4.78 is 22.2. The Balaban J connectivity index is 2.89. The van der Waals surface area contributed by atoms with E-state index in [0.29, 0.717) is 12.5 Å². The number of rotatable bonds is 6. The zero-order chi connectivity index (χ0) is 13.8. The van der Waals surface area contributed by atoms with E-state index in [2.05, 4.69) is 11.9 Å². The number of nitrogens with two attached hydrogens (primary N) is 2. The molecule has 0 aliphatic carbocycles. The molecule has 1 aromatic heterocycles. The summed E-state index contributed by atoms with van der Waals surface area (Å²) in [5.41, 5.74) is 5.59. The summed E-state index contributed by atoms with van der Waals surface area (Å²) in [4.78, 5) is 6.20. The number of sulfonamides is 1. The van der Waals surface area contributed by atoms with Crippen LogP contribution < -0.4 is 15.8 Å². The van der Waals surface area contributed by atoms with E-state index in [9.17, 15) is 8.42 Å². The van der Waals surface area contributed by atoms with E-state index in [0.717, 1.165) is 18.9 Å². The number of hydrogen-bond acceptors (Lipinski definition) is 5. The SMILES string of the molecule is CCN(CC(C)CN)c1ccc(S(N)(=O)=O)cn1. The van der Waals surface area contributed by atoms with Gasteiger partial charge in [-0.1, -0.05) is 6.92 Å². The van der Waals surface area contributed by atoms with Gasteiger partial charge in [0.1, 0.15) is 10.7 Å². The van der Waals surface area contributed by atoms with Crippen molar-refractivity contribution in [2.75, 3.05) is 24.5 Å². The van der Waals surface area contributed by atoms with Crippen molar-refractivity contribution in [3.63, 3.8) is 0 Å². The number of pyridine rings is 1. The normalized spacial score (nSPS) is 13.3. The molecule has 18 heavy (non-hydrogen) atoms. The predicted octanol–water partition coefficient (Wildman–Crippen LogP) is 0.150. The van der Waals surface area contributed by atoms with Crippen LogP contribution in [0.4, 0.5) is 5.82 Å². The predicted molar refractivity (Wildman–Crippen MR) is 71.7 cm³/mol. The summed E-state index contributed by atoms with van der Waals surface area (Å²) in [6.45, 7) is 6.24. The third-order valence-corrected chi connectivity index (χ3v) is 3.59. The maximum Gasteiger partial charge on any atom is 0.239 e. The Morgan fingerprint density at radius 2 is 2.11 bits per heavy atom. The molecule has 0 spiro atoms. The largest absolute Gasteiger partial charge is 0.357 e. The number of primary sulfonamides is 1. The van der Waals surface area contributed by atoms with Crippen LogP contribution in [0, 0.1) is 5.92 Å². The second kappa shape index (κ2) is 6.12. The van der Waals surface area contributed by atoms with E-state index in [1.807, 2.05) is 11.8 Å².